The van der Waals surface area contributed by atoms with Crippen LogP contribution in [0.15, 0.2) is 48.2 Å². The first-order valence-corrected chi connectivity index (χ1v) is 5.64. The minimum absolute atomic E-state index is 0.0815. The van der Waals surface area contributed by atoms with Crippen molar-refractivity contribution in [3.8, 4) is 0 Å². The largest absolute Gasteiger partial charge is 0.379 e. The Balaban J connectivity index is 2.66. The highest BCUT2D eigenvalue weighted by atomic mass is 15.0. The first-order chi connectivity index (χ1) is 7.20. The van der Waals surface area contributed by atoms with Gasteiger partial charge in [0.25, 0.3) is 0 Å². The highest BCUT2D eigenvalue weighted by Crippen LogP contribution is 2.19. The molecule has 1 rings (SSSR count). The first-order valence-electron chi connectivity index (χ1n) is 5.64. The van der Waals surface area contributed by atoms with Gasteiger partial charge in [0, 0.05) is 5.70 Å². The molecular formula is C14H21N. The lowest BCUT2D eigenvalue weighted by Gasteiger charge is -2.30. The van der Waals surface area contributed by atoms with Crippen molar-refractivity contribution in [2.75, 3.05) is 0 Å². The van der Waals surface area contributed by atoms with Gasteiger partial charge in [0.05, 0.1) is 5.54 Å². The average Bonchev–Trinajstić information content (AvgIpc) is 2.25. The Morgan fingerprint density at radius 3 is 2.80 bits per heavy atom. The number of hydrogen-bond donors (Lipinski definition) is 1. The lowest BCUT2D eigenvalue weighted by Crippen LogP contribution is -2.39. The van der Waals surface area contributed by atoms with E-state index in [0.717, 1.165) is 12.8 Å². The molecule has 0 aromatic rings. The maximum atomic E-state index is 3.59. The second-order valence-electron chi connectivity index (χ2n) is 4.11. The van der Waals surface area contributed by atoms with Crippen molar-refractivity contribution in [2.45, 2.75) is 39.2 Å². The zero-order chi connectivity index (χ0) is 11.1. The molecule has 1 heteroatoms. The molecule has 15 heavy (non-hydrogen) atoms. The summed E-state index contributed by atoms with van der Waals surface area (Å²) in [6.45, 7) is 6.44. The van der Waals surface area contributed by atoms with Crippen LogP contribution < -0.4 is 5.32 Å². The van der Waals surface area contributed by atoms with Crippen LogP contribution in [0.4, 0.5) is 0 Å². The number of hydrogen-bond acceptors (Lipinski definition) is 1. The topological polar surface area (TPSA) is 12.0 Å². The maximum absolute atomic E-state index is 3.59. The van der Waals surface area contributed by atoms with E-state index in [0.29, 0.717) is 0 Å². The Morgan fingerprint density at radius 1 is 1.47 bits per heavy atom. The summed E-state index contributed by atoms with van der Waals surface area (Å²) in [4.78, 5) is 0. The molecule has 1 atom stereocenters. The van der Waals surface area contributed by atoms with Gasteiger partial charge in [-0.2, -0.15) is 0 Å². The van der Waals surface area contributed by atoms with Crippen LogP contribution in [0.1, 0.15) is 33.6 Å². The lowest BCUT2D eigenvalue weighted by molar-refractivity contribution is 0.478. The molecule has 0 fully saturated rings. The van der Waals surface area contributed by atoms with E-state index in [1.54, 1.807) is 0 Å². The van der Waals surface area contributed by atoms with Crippen LogP contribution in [0.25, 0.3) is 0 Å². The fourth-order valence-corrected chi connectivity index (χ4v) is 1.65. The van der Waals surface area contributed by atoms with Gasteiger partial charge in [-0.25, -0.2) is 0 Å². The van der Waals surface area contributed by atoms with Gasteiger partial charge in [-0.1, -0.05) is 43.4 Å². The van der Waals surface area contributed by atoms with Crippen LogP contribution in [0.5, 0.6) is 0 Å². The van der Waals surface area contributed by atoms with Crippen LogP contribution in [-0.4, -0.2) is 5.54 Å². The molecule has 0 aromatic heterocycles. The molecule has 0 amide bonds. The van der Waals surface area contributed by atoms with Crippen molar-refractivity contribution in [1.29, 1.82) is 0 Å². The van der Waals surface area contributed by atoms with Crippen LogP contribution in [0.3, 0.4) is 0 Å². The summed E-state index contributed by atoms with van der Waals surface area (Å²) in [6.07, 6.45) is 17.0. The minimum atomic E-state index is 0.0815. The molecule has 0 radical (unpaired) electrons. The molecule has 0 spiro atoms. The summed E-state index contributed by atoms with van der Waals surface area (Å²) in [5.41, 5.74) is 1.37. The van der Waals surface area contributed by atoms with Crippen molar-refractivity contribution in [1.82, 2.24) is 5.32 Å². The summed E-state index contributed by atoms with van der Waals surface area (Å²) in [7, 11) is 0. The molecule has 1 nitrogen and oxygen atoms in total. The van der Waals surface area contributed by atoms with E-state index in [-0.39, 0.29) is 5.54 Å². The Labute approximate surface area is 93.3 Å². The van der Waals surface area contributed by atoms with Gasteiger partial charge in [0.2, 0.25) is 0 Å². The fraction of sp³-hybridized carbons (Fsp3) is 0.429. The Hall–Kier alpha value is -1.24. The predicted octanol–water partition coefficient (Wildman–Crippen LogP) is 3.72. The second-order valence-corrected chi connectivity index (χ2v) is 4.11. The van der Waals surface area contributed by atoms with E-state index in [1.807, 2.05) is 6.92 Å². The van der Waals surface area contributed by atoms with Crippen molar-refractivity contribution in [3.05, 3.63) is 48.2 Å². The molecule has 0 bridgehead atoms. The Bertz CT molecular complexity index is 307. The third-order valence-electron chi connectivity index (χ3n) is 2.57. The predicted molar refractivity (Wildman–Crippen MR) is 67.6 cm³/mol. The van der Waals surface area contributed by atoms with Crippen LogP contribution in [-0.2, 0) is 0 Å². The monoisotopic (exact) mass is 203 g/mol. The Kier molecular flexibility index (Phi) is 4.41. The third kappa shape index (κ3) is 3.78. The molecule has 82 valence electrons. The van der Waals surface area contributed by atoms with Gasteiger partial charge in [0.1, 0.15) is 0 Å². The van der Waals surface area contributed by atoms with Crippen molar-refractivity contribution in [3.63, 3.8) is 0 Å². The summed E-state index contributed by atoms with van der Waals surface area (Å²) < 4.78 is 0. The van der Waals surface area contributed by atoms with E-state index in [9.17, 15) is 0 Å². The Morgan fingerprint density at radius 2 is 2.27 bits per heavy atom. The van der Waals surface area contributed by atoms with E-state index in [1.165, 1.54) is 5.70 Å². The molecule has 0 aromatic carbocycles. The fourth-order valence-electron chi connectivity index (χ4n) is 1.65. The van der Waals surface area contributed by atoms with Gasteiger partial charge in [-0.3, -0.25) is 0 Å². The molecule has 0 heterocycles. The van der Waals surface area contributed by atoms with Crippen LogP contribution in [0.2, 0.25) is 0 Å². The van der Waals surface area contributed by atoms with Gasteiger partial charge in [0.15, 0.2) is 0 Å². The minimum Gasteiger partial charge on any atom is -0.379 e. The second kappa shape index (κ2) is 5.59. The normalized spacial score (nSPS) is 26.2. The standard InChI is InChI=1S/C14H21N/c1-4-6-10-13(5-2)15-14(3)11-8-7-9-12-14/h4,6-11,15H,5,12H2,1-3H3/b6-4-,13-10+. The SMILES string of the molecule is C/C=C\C=C(/CC)NC1(C)C=CC=CC1. The van der Waals surface area contributed by atoms with Gasteiger partial charge < -0.3 is 5.32 Å². The van der Waals surface area contributed by atoms with Gasteiger partial charge in [-0.15, -0.1) is 0 Å². The summed E-state index contributed by atoms with van der Waals surface area (Å²) in [5.74, 6) is 0. The zero-order valence-electron chi connectivity index (χ0n) is 9.96. The molecule has 1 N–H and O–H groups in total. The summed E-state index contributed by atoms with van der Waals surface area (Å²) in [5, 5.41) is 3.59. The number of allylic oxidation sites excluding steroid dienone is 6. The molecule has 1 aliphatic carbocycles. The van der Waals surface area contributed by atoms with Gasteiger partial charge in [-0.05, 0) is 32.8 Å². The lowest BCUT2D eigenvalue weighted by atomic mass is 9.93. The highest BCUT2D eigenvalue weighted by Gasteiger charge is 2.20. The van der Waals surface area contributed by atoms with E-state index < -0.39 is 0 Å². The average molecular weight is 203 g/mol. The zero-order valence-corrected chi connectivity index (χ0v) is 9.96. The summed E-state index contributed by atoms with van der Waals surface area (Å²) >= 11 is 0. The highest BCUT2D eigenvalue weighted by molar-refractivity contribution is 5.23. The van der Waals surface area contributed by atoms with Crippen molar-refractivity contribution >= 4 is 0 Å². The van der Waals surface area contributed by atoms with E-state index in [4.69, 9.17) is 0 Å². The number of nitrogens with one attached hydrogen (secondary N) is 1. The van der Waals surface area contributed by atoms with Crippen molar-refractivity contribution < 1.29 is 0 Å². The first kappa shape index (κ1) is 11.8. The van der Waals surface area contributed by atoms with Crippen molar-refractivity contribution in [2.24, 2.45) is 0 Å². The molecule has 0 aliphatic heterocycles. The molecule has 1 unspecified atom stereocenters. The molecule has 1 aliphatic rings. The van der Waals surface area contributed by atoms with Gasteiger partial charge >= 0.3 is 0 Å². The van der Waals surface area contributed by atoms with E-state index >= 15 is 0 Å². The smallest absolute Gasteiger partial charge is 0.0562 e. The molecule has 0 saturated heterocycles. The third-order valence-corrected chi connectivity index (χ3v) is 2.57. The quantitative estimate of drug-likeness (QED) is 0.687. The molecule has 0 saturated carbocycles. The number of rotatable bonds is 4. The molecular weight excluding hydrogens is 182 g/mol. The van der Waals surface area contributed by atoms with Crippen LogP contribution >= 0.6 is 0 Å². The van der Waals surface area contributed by atoms with Crippen LogP contribution in [0, 0.1) is 0 Å². The van der Waals surface area contributed by atoms with E-state index in [2.05, 4.69) is 61.7 Å². The summed E-state index contributed by atoms with van der Waals surface area (Å²) in [6, 6.07) is 0. The maximum Gasteiger partial charge on any atom is 0.0562 e.